The number of aromatic nitrogens is 1. The number of pyridine rings is 1. The first kappa shape index (κ1) is 16.8. The molecule has 1 amide bonds. The summed E-state index contributed by atoms with van der Waals surface area (Å²) in [5.74, 6) is -0.714. The molecule has 130 valence electrons. The van der Waals surface area contributed by atoms with Gasteiger partial charge in [0.15, 0.2) is 0 Å². The van der Waals surface area contributed by atoms with Crippen molar-refractivity contribution in [2.75, 3.05) is 26.3 Å². The van der Waals surface area contributed by atoms with Gasteiger partial charge >= 0.3 is 5.82 Å². The second-order valence-electron chi connectivity index (χ2n) is 5.43. The molecule has 1 aromatic heterocycles. The molecule has 0 spiro atoms. The van der Waals surface area contributed by atoms with Crippen molar-refractivity contribution in [3.05, 3.63) is 64.3 Å². The Bertz CT molecular complexity index is 747. The maximum absolute atomic E-state index is 12.9. The Morgan fingerprint density at radius 2 is 1.92 bits per heavy atom. The first-order chi connectivity index (χ1) is 12.2. The van der Waals surface area contributed by atoms with Crippen molar-refractivity contribution in [2.24, 2.45) is 0 Å². The summed E-state index contributed by atoms with van der Waals surface area (Å²) in [4.78, 5) is 28.8. The quantitative estimate of drug-likeness (QED) is 0.608. The second kappa shape index (κ2) is 7.71. The van der Waals surface area contributed by atoms with Crippen LogP contribution in [0.25, 0.3) is 0 Å². The molecule has 1 aromatic carbocycles. The Hall–Kier alpha value is -3.00. The van der Waals surface area contributed by atoms with Crippen LogP contribution in [0.4, 0.5) is 5.82 Å². The fraction of sp³-hybridized carbons (Fsp3) is 0.294. The lowest BCUT2D eigenvalue weighted by molar-refractivity contribution is -0.390. The molecule has 8 nitrogen and oxygen atoms in total. The molecule has 1 aliphatic heterocycles. The summed E-state index contributed by atoms with van der Waals surface area (Å²) in [6.07, 6.45) is 0.328. The standard InChI is InChI=1S/C17H17N3O5/c21-17(19-9-11-24-12-10-19)15(13-5-2-1-3-6-13)25-14-7-4-8-18-16(14)20(22)23/h1-8,15H,9-12H2/t15-/m1/s1. The lowest BCUT2D eigenvalue weighted by Crippen LogP contribution is -2.44. The highest BCUT2D eigenvalue weighted by Crippen LogP contribution is 2.30. The van der Waals surface area contributed by atoms with Crippen molar-refractivity contribution in [1.29, 1.82) is 0 Å². The minimum atomic E-state index is -0.984. The van der Waals surface area contributed by atoms with Gasteiger partial charge in [-0.1, -0.05) is 30.3 Å². The van der Waals surface area contributed by atoms with Crippen LogP contribution in [0.1, 0.15) is 11.7 Å². The number of morpholine rings is 1. The van der Waals surface area contributed by atoms with Crippen LogP contribution in [-0.4, -0.2) is 47.0 Å². The monoisotopic (exact) mass is 343 g/mol. The van der Waals surface area contributed by atoms with Gasteiger partial charge in [-0.15, -0.1) is 0 Å². The van der Waals surface area contributed by atoms with Crippen LogP contribution in [0.3, 0.4) is 0 Å². The maximum Gasteiger partial charge on any atom is 0.406 e. The Kier molecular flexibility index (Phi) is 5.20. The molecular weight excluding hydrogens is 326 g/mol. The molecule has 0 bridgehead atoms. The largest absolute Gasteiger partial charge is 0.467 e. The second-order valence-corrected chi connectivity index (χ2v) is 5.43. The Morgan fingerprint density at radius 3 is 2.60 bits per heavy atom. The van der Waals surface area contributed by atoms with Crippen LogP contribution in [0, 0.1) is 10.1 Å². The fourth-order valence-electron chi connectivity index (χ4n) is 2.58. The van der Waals surface area contributed by atoms with Crippen molar-refractivity contribution in [3.8, 4) is 5.75 Å². The van der Waals surface area contributed by atoms with Crippen LogP contribution in [0.5, 0.6) is 5.75 Å². The Balaban J connectivity index is 1.92. The molecule has 2 aromatic rings. The topological polar surface area (TPSA) is 94.8 Å². The first-order valence-corrected chi connectivity index (χ1v) is 7.84. The zero-order valence-electron chi connectivity index (χ0n) is 13.4. The van der Waals surface area contributed by atoms with E-state index in [4.69, 9.17) is 9.47 Å². The summed E-state index contributed by atoms with van der Waals surface area (Å²) in [6.45, 7) is 1.84. The number of nitro groups is 1. The number of ether oxygens (including phenoxy) is 2. The van der Waals surface area contributed by atoms with Crippen LogP contribution in [0.15, 0.2) is 48.7 Å². The van der Waals surface area contributed by atoms with Crippen molar-refractivity contribution in [3.63, 3.8) is 0 Å². The van der Waals surface area contributed by atoms with Gasteiger partial charge in [-0.25, -0.2) is 0 Å². The average Bonchev–Trinajstić information content (AvgIpc) is 2.67. The van der Waals surface area contributed by atoms with E-state index in [-0.39, 0.29) is 11.7 Å². The van der Waals surface area contributed by atoms with E-state index in [1.54, 1.807) is 29.2 Å². The minimum absolute atomic E-state index is 0.0389. The number of carbonyl (C=O) groups excluding carboxylic acids is 1. The molecule has 1 atom stereocenters. The van der Waals surface area contributed by atoms with Gasteiger partial charge in [0, 0.05) is 18.7 Å². The van der Waals surface area contributed by atoms with Crippen LogP contribution < -0.4 is 4.74 Å². The number of carbonyl (C=O) groups is 1. The summed E-state index contributed by atoms with van der Waals surface area (Å²) in [6, 6.07) is 11.9. The molecule has 0 unspecified atom stereocenters. The lowest BCUT2D eigenvalue weighted by Gasteiger charge is -2.30. The molecule has 1 aliphatic rings. The summed E-state index contributed by atoms with van der Waals surface area (Å²) in [5, 5.41) is 11.2. The van der Waals surface area contributed by atoms with Crippen LogP contribution in [0.2, 0.25) is 0 Å². The van der Waals surface area contributed by atoms with Gasteiger partial charge in [-0.05, 0) is 22.0 Å². The van der Waals surface area contributed by atoms with Crippen LogP contribution >= 0.6 is 0 Å². The Labute approximate surface area is 144 Å². The number of hydrogen-bond donors (Lipinski definition) is 0. The highest BCUT2D eigenvalue weighted by molar-refractivity contribution is 5.83. The van der Waals surface area contributed by atoms with E-state index in [2.05, 4.69) is 4.98 Å². The molecule has 25 heavy (non-hydrogen) atoms. The third kappa shape index (κ3) is 3.92. The SMILES string of the molecule is O=C([C@H](Oc1cccnc1[N+](=O)[O-])c1ccccc1)N1CCOCC1. The molecule has 3 rings (SSSR count). The average molecular weight is 343 g/mol. The number of nitrogens with zero attached hydrogens (tertiary/aromatic N) is 3. The third-order valence-corrected chi connectivity index (χ3v) is 3.82. The van der Waals surface area contributed by atoms with Gasteiger partial charge < -0.3 is 24.5 Å². The first-order valence-electron chi connectivity index (χ1n) is 7.84. The molecule has 2 heterocycles. The van der Waals surface area contributed by atoms with E-state index >= 15 is 0 Å². The van der Waals surface area contributed by atoms with Gasteiger partial charge in [0.25, 0.3) is 5.91 Å². The highest BCUT2D eigenvalue weighted by atomic mass is 16.6. The van der Waals surface area contributed by atoms with Gasteiger partial charge in [-0.3, -0.25) is 4.79 Å². The molecule has 8 heteroatoms. The molecule has 1 saturated heterocycles. The summed E-state index contributed by atoms with van der Waals surface area (Å²) in [7, 11) is 0. The summed E-state index contributed by atoms with van der Waals surface area (Å²) < 4.78 is 11.0. The number of amides is 1. The molecule has 1 fully saturated rings. The van der Waals surface area contributed by atoms with Crippen molar-refractivity contribution in [1.82, 2.24) is 9.88 Å². The minimum Gasteiger partial charge on any atom is -0.467 e. The number of benzene rings is 1. The van der Waals surface area contributed by atoms with Gasteiger partial charge in [-0.2, -0.15) is 0 Å². The van der Waals surface area contributed by atoms with E-state index in [0.29, 0.717) is 31.9 Å². The number of hydrogen-bond acceptors (Lipinski definition) is 6. The van der Waals surface area contributed by atoms with E-state index in [9.17, 15) is 14.9 Å². The van der Waals surface area contributed by atoms with Crippen molar-refractivity contribution in [2.45, 2.75) is 6.10 Å². The maximum atomic E-state index is 12.9. The van der Waals surface area contributed by atoms with E-state index in [0.717, 1.165) is 0 Å². The highest BCUT2D eigenvalue weighted by Gasteiger charge is 2.31. The van der Waals surface area contributed by atoms with Gasteiger partial charge in [0.2, 0.25) is 11.9 Å². The van der Waals surface area contributed by atoms with Crippen molar-refractivity contribution >= 4 is 11.7 Å². The summed E-state index contributed by atoms with van der Waals surface area (Å²) in [5.41, 5.74) is 0.622. The zero-order chi connectivity index (χ0) is 17.6. The normalized spacial score (nSPS) is 15.4. The molecule has 0 aliphatic carbocycles. The smallest absolute Gasteiger partial charge is 0.406 e. The number of rotatable bonds is 5. The Morgan fingerprint density at radius 1 is 1.20 bits per heavy atom. The predicted molar refractivity (Wildman–Crippen MR) is 88.1 cm³/mol. The molecule has 0 saturated carbocycles. The molecule has 0 N–H and O–H groups in total. The van der Waals surface area contributed by atoms with Gasteiger partial charge in [0.1, 0.15) is 6.20 Å². The molecule has 0 radical (unpaired) electrons. The lowest BCUT2D eigenvalue weighted by atomic mass is 10.1. The van der Waals surface area contributed by atoms with Crippen LogP contribution in [-0.2, 0) is 9.53 Å². The predicted octanol–water partition coefficient (Wildman–Crippen LogP) is 1.97. The summed E-state index contributed by atoms with van der Waals surface area (Å²) >= 11 is 0. The molecular formula is C17H17N3O5. The zero-order valence-corrected chi connectivity index (χ0v) is 13.4. The van der Waals surface area contributed by atoms with E-state index in [1.165, 1.54) is 18.3 Å². The third-order valence-electron chi connectivity index (χ3n) is 3.82. The van der Waals surface area contributed by atoms with Crippen molar-refractivity contribution < 1.29 is 19.2 Å². The van der Waals surface area contributed by atoms with E-state index < -0.39 is 16.8 Å². The van der Waals surface area contributed by atoms with E-state index in [1.807, 2.05) is 6.07 Å². The fourth-order valence-corrected chi connectivity index (χ4v) is 2.58. The van der Waals surface area contributed by atoms with Gasteiger partial charge in [0.05, 0.1) is 13.2 Å².